The Balaban J connectivity index is 2.37. The molecular formula is C11H12N2O4. The lowest BCUT2D eigenvalue weighted by molar-refractivity contribution is -0.385. The standard InChI is InChI=1S/C11H12N2O4/c14-11(15)6-10-9-5-8(13(16)17)2-1-7(9)3-4-12-10/h1-2,5,10,12H,3-4,6H2,(H,14,15). The van der Waals surface area contributed by atoms with Gasteiger partial charge in [0, 0.05) is 18.2 Å². The summed E-state index contributed by atoms with van der Waals surface area (Å²) in [6.45, 7) is 0.697. The first kappa shape index (κ1) is 11.5. The number of hydrogen-bond acceptors (Lipinski definition) is 4. The number of hydrogen-bond donors (Lipinski definition) is 2. The van der Waals surface area contributed by atoms with Gasteiger partial charge in [-0.3, -0.25) is 14.9 Å². The molecule has 17 heavy (non-hydrogen) atoms. The third-order valence-electron chi connectivity index (χ3n) is 2.88. The fraction of sp³-hybridized carbons (Fsp3) is 0.364. The maximum absolute atomic E-state index is 10.7. The fourth-order valence-corrected chi connectivity index (χ4v) is 2.10. The highest BCUT2D eigenvalue weighted by atomic mass is 16.6. The number of nitrogens with zero attached hydrogens (tertiary/aromatic N) is 1. The zero-order valence-electron chi connectivity index (χ0n) is 9.05. The Morgan fingerprint density at radius 3 is 3.00 bits per heavy atom. The maximum Gasteiger partial charge on any atom is 0.305 e. The summed E-state index contributed by atoms with van der Waals surface area (Å²) in [6.07, 6.45) is 0.706. The Labute approximate surface area is 97.4 Å². The quantitative estimate of drug-likeness (QED) is 0.608. The summed E-state index contributed by atoms with van der Waals surface area (Å²) < 4.78 is 0. The number of nitrogens with one attached hydrogen (secondary N) is 1. The van der Waals surface area contributed by atoms with Gasteiger partial charge in [-0.2, -0.15) is 0 Å². The number of carbonyl (C=O) groups is 1. The van der Waals surface area contributed by atoms with Crippen molar-refractivity contribution < 1.29 is 14.8 Å². The van der Waals surface area contributed by atoms with E-state index in [1.54, 1.807) is 6.07 Å². The smallest absolute Gasteiger partial charge is 0.305 e. The van der Waals surface area contributed by atoms with Gasteiger partial charge in [-0.05, 0) is 24.1 Å². The van der Waals surface area contributed by atoms with Gasteiger partial charge in [-0.25, -0.2) is 0 Å². The molecule has 0 bridgehead atoms. The molecule has 0 aliphatic carbocycles. The highest BCUT2D eigenvalue weighted by Crippen LogP contribution is 2.28. The normalized spacial score (nSPS) is 18.5. The second-order valence-electron chi connectivity index (χ2n) is 3.99. The Morgan fingerprint density at radius 1 is 1.59 bits per heavy atom. The van der Waals surface area contributed by atoms with Gasteiger partial charge in [0.05, 0.1) is 11.3 Å². The Bertz CT molecular complexity index is 473. The molecule has 0 amide bonds. The minimum atomic E-state index is -0.915. The number of carboxylic acids is 1. The molecule has 1 aromatic carbocycles. The largest absolute Gasteiger partial charge is 0.481 e. The van der Waals surface area contributed by atoms with Crippen LogP contribution in [0.5, 0.6) is 0 Å². The predicted molar refractivity (Wildman–Crippen MR) is 59.8 cm³/mol. The predicted octanol–water partition coefficient (Wildman–Crippen LogP) is 1.26. The van der Waals surface area contributed by atoms with Crippen molar-refractivity contribution >= 4 is 11.7 Å². The molecule has 0 radical (unpaired) electrons. The number of benzene rings is 1. The van der Waals surface area contributed by atoms with Crippen molar-refractivity contribution in [1.29, 1.82) is 0 Å². The Hall–Kier alpha value is -1.95. The van der Waals surface area contributed by atoms with Gasteiger partial charge in [0.2, 0.25) is 0 Å². The average molecular weight is 236 g/mol. The van der Waals surface area contributed by atoms with E-state index in [9.17, 15) is 14.9 Å². The van der Waals surface area contributed by atoms with Crippen molar-refractivity contribution in [2.45, 2.75) is 18.9 Å². The molecule has 1 aliphatic heterocycles. The minimum absolute atomic E-state index is 0.00263. The summed E-state index contributed by atoms with van der Waals surface area (Å²) in [5.41, 5.74) is 1.72. The van der Waals surface area contributed by atoms with Gasteiger partial charge < -0.3 is 10.4 Å². The molecule has 0 spiro atoms. The number of fused-ring (bicyclic) bond motifs is 1. The highest BCUT2D eigenvalue weighted by Gasteiger charge is 2.24. The second-order valence-corrected chi connectivity index (χ2v) is 3.99. The van der Waals surface area contributed by atoms with Gasteiger partial charge in [0.15, 0.2) is 0 Å². The van der Waals surface area contributed by atoms with E-state index in [0.29, 0.717) is 6.54 Å². The molecular weight excluding hydrogens is 224 g/mol. The van der Waals surface area contributed by atoms with E-state index in [1.807, 2.05) is 0 Å². The number of rotatable bonds is 3. The van der Waals surface area contributed by atoms with Crippen LogP contribution in [-0.4, -0.2) is 22.5 Å². The van der Waals surface area contributed by atoms with Crippen LogP contribution in [0.15, 0.2) is 18.2 Å². The first-order valence-electron chi connectivity index (χ1n) is 5.30. The molecule has 1 aliphatic rings. The molecule has 0 fully saturated rings. The summed E-state index contributed by atoms with van der Waals surface area (Å²) in [6, 6.07) is 4.30. The average Bonchev–Trinajstić information content (AvgIpc) is 2.28. The van der Waals surface area contributed by atoms with Crippen LogP contribution >= 0.6 is 0 Å². The Kier molecular flexibility index (Phi) is 3.06. The van der Waals surface area contributed by atoms with E-state index in [0.717, 1.165) is 17.5 Å². The fourth-order valence-electron chi connectivity index (χ4n) is 2.10. The van der Waals surface area contributed by atoms with Crippen molar-refractivity contribution in [3.63, 3.8) is 0 Å². The van der Waals surface area contributed by atoms with E-state index in [-0.39, 0.29) is 18.2 Å². The number of non-ortho nitro benzene ring substituents is 1. The summed E-state index contributed by atoms with van der Waals surface area (Å²) >= 11 is 0. The minimum Gasteiger partial charge on any atom is -0.481 e. The number of nitro groups is 1. The third kappa shape index (κ3) is 2.42. The summed E-state index contributed by atoms with van der Waals surface area (Å²) in [5.74, 6) is -0.915. The summed E-state index contributed by atoms with van der Waals surface area (Å²) in [5, 5.41) is 22.5. The van der Waals surface area contributed by atoms with Gasteiger partial charge >= 0.3 is 5.97 Å². The van der Waals surface area contributed by atoms with E-state index in [4.69, 9.17) is 5.11 Å². The zero-order valence-corrected chi connectivity index (χ0v) is 9.05. The van der Waals surface area contributed by atoms with Gasteiger partial charge in [-0.1, -0.05) is 6.07 Å². The van der Waals surface area contributed by atoms with Crippen LogP contribution in [-0.2, 0) is 11.2 Å². The Morgan fingerprint density at radius 2 is 2.35 bits per heavy atom. The van der Waals surface area contributed by atoms with Crippen molar-refractivity contribution in [3.8, 4) is 0 Å². The van der Waals surface area contributed by atoms with Crippen molar-refractivity contribution in [2.24, 2.45) is 0 Å². The van der Waals surface area contributed by atoms with Gasteiger partial charge in [0.1, 0.15) is 0 Å². The third-order valence-corrected chi connectivity index (χ3v) is 2.88. The monoisotopic (exact) mass is 236 g/mol. The highest BCUT2D eigenvalue weighted by molar-refractivity contribution is 5.68. The molecule has 6 nitrogen and oxygen atoms in total. The summed E-state index contributed by atoms with van der Waals surface area (Å²) in [4.78, 5) is 20.9. The van der Waals surface area contributed by atoms with E-state index in [1.165, 1.54) is 12.1 Å². The molecule has 0 saturated heterocycles. The molecule has 0 saturated carbocycles. The molecule has 6 heteroatoms. The molecule has 2 rings (SSSR count). The van der Waals surface area contributed by atoms with E-state index < -0.39 is 10.9 Å². The lowest BCUT2D eigenvalue weighted by Gasteiger charge is -2.25. The molecule has 0 aromatic heterocycles. The maximum atomic E-state index is 10.7. The lowest BCUT2D eigenvalue weighted by Crippen LogP contribution is -2.31. The van der Waals surface area contributed by atoms with Crippen molar-refractivity contribution in [3.05, 3.63) is 39.4 Å². The SMILES string of the molecule is O=C(O)CC1NCCc2ccc([N+](=O)[O-])cc21. The second kappa shape index (κ2) is 4.50. The molecule has 90 valence electrons. The van der Waals surface area contributed by atoms with Crippen LogP contribution < -0.4 is 5.32 Å². The number of aliphatic carboxylic acids is 1. The van der Waals surface area contributed by atoms with Crippen molar-refractivity contribution in [2.75, 3.05) is 6.54 Å². The molecule has 1 unspecified atom stereocenters. The van der Waals surface area contributed by atoms with Crippen molar-refractivity contribution in [1.82, 2.24) is 5.32 Å². The van der Waals surface area contributed by atoms with Gasteiger partial charge in [-0.15, -0.1) is 0 Å². The van der Waals surface area contributed by atoms with E-state index >= 15 is 0 Å². The van der Waals surface area contributed by atoms with Gasteiger partial charge in [0.25, 0.3) is 5.69 Å². The van der Waals surface area contributed by atoms with Crippen LogP contribution in [0.1, 0.15) is 23.6 Å². The van der Waals surface area contributed by atoms with Crippen LogP contribution in [0.25, 0.3) is 0 Å². The first-order valence-corrected chi connectivity index (χ1v) is 5.30. The van der Waals surface area contributed by atoms with Crippen LogP contribution in [0.3, 0.4) is 0 Å². The number of carboxylic acid groups (broad SMARTS) is 1. The summed E-state index contributed by atoms with van der Waals surface area (Å²) in [7, 11) is 0. The van der Waals surface area contributed by atoms with Crippen LogP contribution in [0, 0.1) is 10.1 Å². The van der Waals surface area contributed by atoms with Crippen LogP contribution in [0.4, 0.5) is 5.69 Å². The number of nitro benzene ring substituents is 1. The van der Waals surface area contributed by atoms with E-state index in [2.05, 4.69) is 5.32 Å². The first-order chi connectivity index (χ1) is 8.08. The molecule has 1 atom stereocenters. The molecule has 1 heterocycles. The lowest BCUT2D eigenvalue weighted by atomic mass is 9.92. The molecule has 2 N–H and O–H groups in total. The molecule has 1 aromatic rings. The zero-order chi connectivity index (χ0) is 12.4. The van der Waals surface area contributed by atoms with Crippen LogP contribution in [0.2, 0.25) is 0 Å². The topological polar surface area (TPSA) is 92.5 Å².